The minimum atomic E-state index is -4.85. The molecule has 0 unspecified atom stereocenters. The van der Waals surface area contributed by atoms with Gasteiger partial charge in [0, 0.05) is 13.1 Å². The lowest BCUT2D eigenvalue weighted by Crippen LogP contribution is -2.37. The smallest absolute Gasteiger partial charge is 0.348 e. The number of nitrogens with one attached hydrogen (secondary N) is 2. The van der Waals surface area contributed by atoms with Crippen molar-refractivity contribution in [2.45, 2.75) is 257 Å². The Balaban J connectivity index is 4.78. The maximum atomic E-state index is 12.6. The summed E-state index contributed by atoms with van der Waals surface area (Å²) in [5.41, 5.74) is 0. The zero-order chi connectivity index (χ0) is 48.7. The first-order chi connectivity index (χ1) is 31.9. The van der Waals surface area contributed by atoms with Gasteiger partial charge in [-0.2, -0.15) is 26.3 Å². The molecule has 66 heavy (non-hydrogen) atoms. The summed E-state index contributed by atoms with van der Waals surface area (Å²) in [6, 6.07) is 0. The molecule has 0 aromatic heterocycles. The van der Waals surface area contributed by atoms with Crippen LogP contribution in [0, 0.1) is 0 Å². The van der Waals surface area contributed by atoms with Gasteiger partial charge in [-0.1, -0.05) is 167 Å². The quantitative estimate of drug-likeness (QED) is 0.0362. The lowest BCUT2D eigenvalue weighted by molar-refractivity contribution is -0.173. The van der Waals surface area contributed by atoms with Crippen molar-refractivity contribution in [2.24, 2.45) is 0 Å². The Bertz CT molecular complexity index is 1050. The van der Waals surface area contributed by atoms with Crippen LogP contribution in [-0.2, 0) is 9.59 Å². The number of hydrogen-bond acceptors (Lipinski definition) is 4. The summed E-state index contributed by atoms with van der Waals surface area (Å²) in [5, 5.41) is 3.96. The SMILES string of the molecule is CCCCCCCCC=CCCCCCCCCN(CCCCCNC(=O)C(F)(F)F)CCCCN(CCCCCCCCC=CCCCCCCCC)CCCCCNC(=O)C(F)(F)F. The molecule has 0 saturated heterocycles. The largest absolute Gasteiger partial charge is 0.471 e. The lowest BCUT2D eigenvalue weighted by atomic mass is 10.1. The second-order valence-electron chi connectivity index (χ2n) is 18.9. The van der Waals surface area contributed by atoms with Crippen LogP contribution in [0.3, 0.4) is 0 Å². The highest BCUT2D eigenvalue weighted by molar-refractivity contribution is 5.81. The van der Waals surface area contributed by atoms with Crippen LogP contribution in [0.1, 0.15) is 245 Å². The lowest BCUT2D eigenvalue weighted by Gasteiger charge is -2.25. The molecular weight excluding hydrogens is 851 g/mol. The zero-order valence-electron chi connectivity index (χ0n) is 42.4. The molecular formula is C54H100F6N4O2. The average Bonchev–Trinajstić information content (AvgIpc) is 3.28. The van der Waals surface area contributed by atoms with Gasteiger partial charge in [0.25, 0.3) is 0 Å². The molecule has 0 radical (unpaired) electrons. The van der Waals surface area contributed by atoms with Gasteiger partial charge in [-0.15, -0.1) is 0 Å². The number of carbonyl (C=O) groups excluding carboxylic acids is 2. The third kappa shape index (κ3) is 45.7. The molecule has 2 N–H and O–H groups in total. The van der Waals surface area contributed by atoms with E-state index in [0.29, 0.717) is 12.8 Å². The molecule has 0 heterocycles. The van der Waals surface area contributed by atoms with Crippen LogP contribution in [0.15, 0.2) is 24.3 Å². The van der Waals surface area contributed by atoms with Gasteiger partial charge < -0.3 is 20.4 Å². The second kappa shape index (κ2) is 46.6. The molecule has 6 nitrogen and oxygen atoms in total. The highest BCUT2D eigenvalue weighted by Crippen LogP contribution is 2.17. The van der Waals surface area contributed by atoms with Crippen molar-refractivity contribution in [1.82, 2.24) is 20.4 Å². The Morgan fingerprint density at radius 3 is 0.803 bits per heavy atom. The van der Waals surface area contributed by atoms with E-state index in [1.54, 1.807) is 0 Å². The third-order valence-corrected chi connectivity index (χ3v) is 12.6. The van der Waals surface area contributed by atoms with Crippen LogP contribution in [0.4, 0.5) is 26.3 Å². The summed E-state index contributed by atoms with van der Waals surface area (Å²) in [5.74, 6) is -3.75. The average molecular weight is 951 g/mol. The zero-order valence-corrected chi connectivity index (χ0v) is 42.4. The molecule has 0 spiro atoms. The Morgan fingerprint density at radius 2 is 0.545 bits per heavy atom. The van der Waals surface area contributed by atoms with E-state index < -0.39 is 24.2 Å². The number of amides is 2. The number of carbonyl (C=O) groups is 2. The van der Waals surface area contributed by atoms with Gasteiger partial charge >= 0.3 is 24.2 Å². The highest BCUT2D eigenvalue weighted by atomic mass is 19.4. The van der Waals surface area contributed by atoms with Crippen molar-refractivity contribution in [3.8, 4) is 0 Å². The van der Waals surface area contributed by atoms with Crippen LogP contribution in [-0.4, -0.2) is 86.3 Å². The first-order valence-corrected chi connectivity index (χ1v) is 27.4. The fourth-order valence-electron chi connectivity index (χ4n) is 8.39. The third-order valence-electron chi connectivity index (χ3n) is 12.6. The maximum absolute atomic E-state index is 12.6. The van der Waals surface area contributed by atoms with Gasteiger partial charge in [0.15, 0.2) is 0 Å². The number of unbranched alkanes of at least 4 members (excludes halogenated alkanes) is 29. The number of alkyl halides is 6. The van der Waals surface area contributed by atoms with Crippen LogP contribution >= 0.6 is 0 Å². The van der Waals surface area contributed by atoms with E-state index >= 15 is 0 Å². The summed E-state index contributed by atoms with van der Waals surface area (Å²) < 4.78 is 75.4. The molecule has 0 aliphatic rings. The summed E-state index contributed by atoms with van der Waals surface area (Å²) in [6.45, 7) is 10.3. The molecule has 2 amide bonds. The second-order valence-corrected chi connectivity index (χ2v) is 18.9. The van der Waals surface area contributed by atoms with E-state index in [-0.39, 0.29) is 13.1 Å². The highest BCUT2D eigenvalue weighted by Gasteiger charge is 2.38. The van der Waals surface area contributed by atoms with Gasteiger partial charge in [-0.3, -0.25) is 9.59 Å². The number of rotatable bonds is 49. The molecule has 12 heteroatoms. The Kier molecular flexibility index (Phi) is 45.2. The minimum absolute atomic E-state index is 0.0300. The summed E-state index contributed by atoms with van der Waals surface area (Å²) in [6.07, 6.45) is 41.6. The summed E-state index contributed by atoms with van der Waals surface area (Å²) in [4.78, 5) is 27.3. The fourth-order valence-corrected chi connectivity index (χ4v) is 8.39. The number of halogens is 6. The summed E-state index contributed by atoms with van der Waals surface area (Å²) in [7, 11) is 0. The van der Waals surface area contributed by atoms with Crippen LogP contribution in [0.5, 0.6) is 0 Å². The van der Waals surface area contributed by atoms with Crippen molar-refractivity contribution in [3.63, 3.8) is 0 Å². The van der Waals surface area contributed by atoms with Gasteiger partial charge in [-0.05, 0) is 142 Å². The molecule has 0 aromatic carbocycles. The van der Waals surface area contributed by atoms with Crippen molar-refractivity contribution in [1.29, 1.82) is 0 Å². The molecule has 0 aromatic rings. The van der Waals surface area contributed by atoms with Gasteiger partial charge in [0.2, 0.25) is 0 Å². The molecule has 0 aliphatic carbocycles. The first kappa shape index (κ1) is 63.9. The molecule has 0 fully saturated rings. The van der Waals surface area contributed by atoms with Crippen LogP contribution in [0.25, 0.3) is 0 Å². The molecule has 0 saturated carbocycles. The monoisotopic (exact) mass is 951 g/mol. The van der Waals surface area contributed by atoms with Crippen molar-refractivity contribution in [2.75, 3.05) is 52.4 Å². The van der Waals surface area contributed by atoms with Crippen molar-refractivity contribution < 1.29 is 35.9 Å². The topological polar surface area (TPSA) is 64.7 Å². The van der Waals surface area contributed by atoms with E-state index in [9.17, 15) is 35.9 Å². The molecule has 390 valence electrons. The molecule has 0 aliphatic heterocycles. The van der Waals surface area contributed by atoms with Gasteiger partial charge in [-0.25, -0.2) is 0 Å². The van der Waals surface area contributed by atoms with Gasteiger partial charge in [0.1, 0.15) is 0 Å². The fraction of sp³-hybridized carbons (Fsp3) is 0.889. The van der Waals surface area contributed by atoms with Crippen molar-refractivity contribution >= 4 is 11.8 Å². The van der Waals surface area contributed by atoms with E-state index in [1.165, 1.54) is 167 Å². The Hall–Kier alpha value is -2.08. The predicted molar refractivity (Wildman–Crippen MR) is 267 cm³/mol. The van der Waals surface area contributed by atoms with Crippen molar-refractivity contribution in [3.05, 3.63) is 24.3 Å². The Morgan fingerprint density at radius 1 is 0.333 bits per heavy atom. The Labute approximate surface area is 401 Å². The van der Waals surface area contributed by atoms with E-state index in [4.69, 9.17) is 0 Å². The number of allylic oxidation sites excluding steroid dienone is 4. The predicted octanol–water partition coefficient (Wildman–Crippen LogP) is 16.1. The minimum Gasteiger partial charge on any atom is -0.348 e. The van der Waals surface area contributed by atoms with E-state index in [1.807, 2.05) is 10.6 Å². The molecule has 0 atom stereocenters. The van der Waals surface area contributed by atoms with Gasteiger partial charge in [0.05, 0.1) is 0 Å². The normalized spacial score (nSPS) is 12.5. The number of hydrogen-bond donors (Lipinski definition) is 2. The van der Waals surface area contributed by atoms with Crippen LogP contribution < -0.4 is 10.6 Å². The van der Waals surface area contributed by atoms with E-state index in [0.717, 1.165) is 90.6 Å². The summed E-state index contributed by atoms with van der Waals surface area (Å²) >= 11 is 0. The molecule has 0 bridgehead atoms. The standard InChI is InChI=1S/C54H100F6N4O2/c1-3-5-7-9-11-13-15-17-19-21-23-25-27-29-31-37-45-63(47-39-33-35-43-61-51(65)53(55,56)57)49-41-42-50-64(48-40-34-36-44-62-52(66)54(58,59)60)46-38-32-30-28-26-24-22-20-18-16-14-12-10-8-6-4-2/h17-20H,3-16,21-50H2,1-2H3,(H,61,65)(H,62,66). The van der Waals surface area contributed by atoms with Crippen LogP contribution in [0.2, 0.25) is 0 Å². The van der Waals surface area contributed by atoms with E-state index in [2.05, 4.69) is 48.0 Å². The number of nitrogens with zero attached hydrogens (tertiary/aromatic N) is 2. The first-order valence-electron chi connectivity index (χ1n) is 27.4. The molecule has 0 rings (SSSR count). The maximum Gasteiger partial charge on any atom is 0.471 e.